The molecule has 0 spiro atoms. The molecule has 1 heterocycles. The zero-order chi connectivity index (χ0) is 23.4. The number of piperidine rings is 1. The summed E-state index contributed by atoms with van der Waals surface area (Å²) in [6, 6.07) is 6.84. The normalized spacial score (nSPS) is 37.0. The molecule has 7 heteroatoms. The summed E-state index contributed by atoms with van der Waals surface area (Å²) >= 11 is 0. The Balaban J connectivity index is 1.21. The number of rotatable bonds is 4. The molecule has 33 heavy (non-hydrogen) atoms. The van der Waals surface area contributed by atoms with Crippen LogP contribution in [0.3, 0.4) is 0 Å². The first-order valence-electron chi connectivity index (χ1n) is 12.3. The number of urea groups is 1. The molecule has 4 N–H and O–H groups in total. The minimum Gasteiger partial charge on any atom is -0.369 e. The van der Waals surface area contributed by atoms with Crippen molar-refractivity contribution in [2.75, 3.05) is 18.4 Å². The van der Waals surface area contributed by atoms with E-state index in [2.05, 4.69) is 24.5 Å². The fourth-order valence-corrected chi connectivity index (χ4v) is 8.26. The molecular formula is C26H36N4O3. The lowest BCUT2D eigenvalue weighted by atomic mass is 9.43. The number of benzene rings is 1. The van der Waals surface area contributed by atoms with E-state index in [0.717, 1.165) is 32.1 Å². The van der Waals surface area contributed by atoms with Crippen molar-refractivity contribution >= 4 is 23.5 Å². The van der Waals surface area contributed by atoms with Crippen LogP contribution in [-0.4, -0.2) is 41.4 Å². The Kier molecular flexibility index (Phi) is 5.22. The number of likely N-dealkylation sites (tertiary alicyclic amines) is 1. The summed E-state index contributed by atoms with van der Waals surface area (Å²) in [5.41, 5.74) is 7.22. The van der Waals surface area contributed by atoms with Crippen LogP contribution < -0.4 is 16.4 Å². The van der Waals surface area contributed by atoms with Crippen LogP contribution in [0.5, 0.6) is 0 Å². The summed E-state index contributed by atoms with van der Waals surface area (Å²) in [7, 11) is 0. The molecule has 3 atom stereocenters. The van der Waals surface area contributed by atoms with Gasteiger partial charge >= 0.3 is 6.03 Å². The molecule has 0 aromatic heterocycles. The highest BCUT2D eigenvalue weighted by Crippen LogP contribution is 2.66. The van der Waals surface area contributed by atoms with Crippen LogP contribution >= 0.6 is 0 Å². The number of anilines is 1. The van der Waals surface area contributed by atoms with Crippen LogP contribution in [0.25, 0.3) is 0 Å². The molecule has 4 saturated carbocycles. The topological polar surface area (TPSA) is 105 Å². The molecule has 178 valence electrons. The van der Waals surface area contributed by atoms with Gasteiger partial charge in [-0.15, -0.1) is 0 Å². The van der Waals surface area contributed by atoms with Gasteiger partial charge in [0.15, 0.2) is 0 Å². The minimum atomic E-state index is -0.347. The van der Waals surface area contributed by atoms with Crippen molar-refractivity contribution in [1.82, 2.24) is 10.2 Å². The number of primary amides is 1. The maximum Gasteiger partial charge on any atom is 0.319 e. The van der Waals surface area contributed by atoms with E-state index >= 15 is 0 Å². The second-order valence-corrected chi connectivity index (χ2v) is 12.1. The Morgan fingerprint density at radius 2 is 1.67 bits per heavy atom. The Labute approximate surface area is 195 Å². The van der Waals surface area contributed by atoms with Gasteiger partial charge in [0.25, 0.3) is 5.91 Å². The number of nitrogens with two attached hydrogens (primary N) is 1. The zero-order valence-electron chi connectivity index (χ0n) is 19.8. The summed E-state index contributed by atoms with van der Waals surface area (Å²) in [6.45, 7) is 5.80. The van der Waals surface area contributed by atoms with Gasteiger partial charge in [-0.2, -0.15) is 0 Å². The lowest BCUT2D eigenvalue weighted by Gasteiger charge is -2.65. The Bertz CT molecular complexity index is 956. The molecule has 1 aliphatic heterocycles. The zero-order valence-corrected chi connectivity index (χ0v) is 19.8. The van der Waals surface area contributed by atoms with Crippen LogP contribution in [0.2, 0.25) is 0 Å². The van der Waals surface area contributed by atoms with E-state index in [9.17, 15) is 14.4 Å². The summed E-state index contributed by atoms with van der Waals surface area (Å²) in [5.74, 6) is -0.0145. The van der Waals surface area contributed by atoms with E-state index in [-0.39, 0.29) is 29.3 Å². The molecule has 1 aromatic rings. The smallest absolute Gasteiger partial charge is 0.319 e. The third kappa shape index (κ3) is 4.34. The van der Waals surface area contributed by atoms with E-state index in [1.807, 2.05) is 0 Å². The Morgan fingerprint density at radius 3 is 2.27 bits per heavy atom. The fourth-order valence-electron chi connectivity index (χ4n) is 8.26. The largest absolute Gasteiger partial charge is 0.369 e. The maximum absolute atomic E-state index is 12.9. The van der Waals surface area contributed by atoms with E-state index in [1.165, 1.54) is 19.3 Å². The third-order valence-corrected chi connectivity index (χ3v) is 8.51. The van der Waals surface area contributed by atoms with E-state index in [1.54, 1.807) is 29.2 Å². The quantitative estimate of drug-likeness (QED) is 0.645. The standard InChI is InChI=1S/C26H36N4O3/c1-24-10-17-11-25(2,14-24)16-26(12-17,15-24)29-23(33)28-20-7-5-18(6-8-20)22(32)30-9-3-4-19(13-30)21(27)31/h5-8,17,19H,3-4,9-16H2,1-2H3,(H2,27,31)(H2,28,29,33)/t17?,19?,24-,25-,26?/m0/s1. The highest BCUT2D eigenvalue weighted by Gasteiger charge is 2.60. The molecule has 6 rings (SSSR count). The Morgan fingerprint density at radius 1 is 1.00 bits per heavy atom. The van der Waals surface area contributed by atoms with E-state index in [4.69, 9.17) is 5.73 Å². The third-order valence-electron chi connectivity index (χ3n) is 8.51. The van der Waals surface area contributed by atoms with Gasteiger partial charge in [-0.25, -0.2) is 4.79 Å². The number of amides is 4. The first-order chi connectivity index (χ1) is 15.6. The van der Waals surface area contributed by atoms with Crippen molar-refractivity contribution in [3.05, 3.63) is 29.8 Å². The van der Waals surface area contributed by atoms with Crippen LogP contribution in [-0.2, 0) is 4.79 Å². The number of nitrogens with zero attached hydrogens (tertiary/aromatic N) is 1. The van der Waals surface area contributed by atoms with Crippen LogP contribution in [0.1, 0.15) is 75.6 Å². The van der Waals surface area contributed by atoms with Gasteiger partial charge in [-0.1, -0.05) is 13.8 Å². The average molecular weight is 453 g/mol. The van der Waals surface area contributed by atoms with Gasteiger partial charge in [-0.3, -0.25) is 9.59 Å². The fraction of sp³-hybridized carbons (Fsp3) is 0.654. The average Bonchev–Trinajstić information content (AvgIpc) is 2.70. The SMILES string of the molecule is C[C@@]12CC3CC(NC(=O)Nc4ccc(C(=O)N5CCCC(C(N)=O)C5)cc4)(C1)C[C@@](C)(C3)C2. The number of carbonyl (C=O) groups excluding carboxylic acids is 3. The first-order valence-corrected chi connectivity index (χ1v) is 12.3. The van der Waals surface area contributed by atoms with Crippen molar-refractivity contribution < 1.29 is 14.4 Å². The molecule has 0 radical (unpaired) electrons. The van der Waals surface area contributed by atoms with Crippen molar-refractivity contribution in [2.45, 2.75) is 70.8 Å². The minimum absolute atomic E-state index is 0.103. The molecular weight excluding hydrogens is 416 g/mol. The molecule has 1 unspecified atom stereocenters. The van der Waals surface area contributed by atoms with Crippen LogP contribution in [0.4, 0.5) is 10.5 Å². The molecule has 4 bridgehead atoms. The lowest BCUT2D eigenvalue weighted by molar-refractivity contribution is -0.123. The monoisotopic (exact) mass is 452 g/mol. The summed E-state index contributed by atoms with van der Waals surface area (Å²) in [5, 5.41) is 6.33. The Hall–Kier alpha value is -2.57. The number of carbonyl (C=O) groups is 3. The van der Waals surface area contributed by atoms with Gasteiger partial charge in [0.05, 0.1) is 5.92 Å². The second-order valence-electron chi connectivity index (χ2n) is 12.1. The molecule has 5 fully saturated rings. The number of nitrogens with one attached hydrogen (secondary N) is 2. The molecule has 7 nitrogen and oxygen atoms in total. The highest BCUT2D eigenvalue weighted by molar-refractivity contribution is 5.96. The van der Waals surface area contributed by atoms with Crippen LogP contribution in [0.15, 0.2) is 24.3 Å². The lowest BCUT2D eigenvalue weighted by Crippen LogP contribution is -2.65. The van der Waals surface area contributed by atoms with Gasteiger partial charge in [0.1, 0.15) is 0 Å². The molecule has 4 amide bonds. The second kappa shape index (κ2) is 7.74. The van der Waals surface area contributed by atoms with E-state index in [0.29, 0.717) is 41.1 Å². The van der Waals surface area contributed by atoms with Crippen molar-refractivity contribution in [3.8, 4) is 0 Å². The van der Waals surface area contributed by atoms with Gasteiger partial charge in [0, 0.05) is 29.9 Å². The number of hydrogen-bond donors (Lipinski definition) is 3. The molecule has 1 aromatic carbocycles. The molecule has 4 aliphatic carbocycles. The summed E-state index contributed by atoms with van der Waals surface area (Å²) in [6.07, 6.45) is 8.58. The van der Waals surface area contributed by atoms with Crippen molar-refractivity contribution in [2.24, 2.45) is 28.4 Å². The van der Waals surface area contributed by atoms with Crippen molar-refractivity contribution in [3.63, 3.8) is 0 Å². The highest BCUT2D eigenvalue weighted by atomic mass is 16.2. The predicted molar refractivity (Wildman–Crippen MR) is 127 cm³/mol. The predicted octanol–water partition coefficient (Wildman–Crippen LogP) is 3.89. The maximum atomic E-state index is 12.9. The first kappa shape index (κ1) is 22.2. The number of hydrogen-bond acceptors (Lipinski definition) is 3. The summed E-state index contributed by atoms with van der Waals surface area (Å²) < 4.78 is 0. The van der Waals surface area contributed by atoms with Crippen molar-refractivity contribution in [1.29, 1.82) is 0 Å². The molecule has 5 aliphatic rings. The van der Waals surface area contributed by atoms with Crippen LogP contribution in [0, 0.1) is 22.7 Å². The van der Waals surface area contributed by atoms with Gasteiger partial charge in [-0.05, 0) is 92.4 Å². The summed E-state index contributed by atoms with van der Waals surface area (Å²) in [4.78, 5) is 39.0. The van der Waals surface area contributed by atoms with Gasteiger partial charge in [0.2, 0.25) is 5.91 Å². The van der Waals surface area contributed by atoms with Gasteiger partial charge < -0.3 is 21.3 Å². The molecule has 1 saturated heterocycles. The van der Waals surface area contributed by atoms with E-state index < -0.39 is 0 Å².